The Hall–Kier alpha value is -0.790. The summed E-state index contributed by atoms with van der Waals surface area (Å²) in [5.41, 5.74) is 7.15. The Morgan fingerprint density at radius 1 is 1.25 bits per heavy atom. The summed E-state index contributed by atoms with van der Waals surface area (Å²) in [7, 11) is 0. The van der Waals surface area contributed by atoms with Gasteiger partial charge < -0.3 is 5.73 Å². The van der Waals surface area contributed by atoms with Gasteiger partial charge in [0.05, 0.1) is 0 Å². The summed E-state index contributed by atoms with van der Waals surface area (Å²) in [6, 6.07) is 0. The van der Waals surface area contributed by atoms with Crippen molar-refractivity contribution < 1.29 is 0 Å². The predicted octanol–water partition coefficient (Wildman–Crippen LogP) is 1.28. The molecule has 0 saturated carbocycles. The van der Waals surface area contributed by atoms with Crippen molar-refractivity contribution in [2.45, 2.75) is 20.8 Å². The lowest BCUT2D eigenvalue weighted by molar-refractivity contribution is 1.28. The molecule has 0 aromatic rings. The molecule has 0 unspecified atom stereocenters. The first-order chi connectivity index (χ1) is 3.55. The van der Waals surface area contributed by atoms with E-state index >= 15 is 0 Å². The topological polar surface area (TPSA) is 49.9 Å². The van der Waals surface area contributed by atoms with Crippen LogP contribution < -0.4 is 5.73 Å². The monoisotopic (exact) mass is 112 g/mol. The molecule has 8 heavy (non-hydrogen) atoms. The van der Waals surface area contributed by atoms with Crippen molar-refractivity contribution in [1.82, 2.24) is 0 Å². The molecule has 0 spiro atoms. The van der Waals surface area contributed by atoms with Gasteiger partial charge in [-0.15, -0.1) is 0 Å². The van der Waals surface area contributed by atoms with Crippen LogP contribution in [-0.4, -0.2) is 5.84 Å². The average Bonchev–Trinajstić information content (AvgIpc) is 1.64. The Morgan fingerprint density at radius 2 is 1.62 bits per heavy atom. The molecule has 46 valence electrons. The molecule has 2 heteroatoms. The minimum atomic E-state index is 0.171. The fourth-order valence-corrected chi connectivity index (χ4v) is 0.269. The van der Waals surface area contributed by atoms with Gasteiger partial charge in [-0.2, -0.15) is 0 Å². The van der Waals surface area contributed by atoms with Crippen LogP contribution in [-0.2, 0) is 0 Å². The largest absolute Gasteiger partial charge is 0.384 e. The summed E-state index contributed by atoms with van der Waals surface area (Å²) in [5, 5.41) is 6.95. The van der Waals surface area contributed by atoms with Gasteiger partial charge in [0, 0.05) is 0 Å². The van der Waals surface area contributed by atoms with Gasteiger partial charge in [-0.1, -0.05) is 5.57 Å². The second-order valence-electron chi connectivity index (χ2n) is 2.04. The van der Waals surface area contributed by atoms with Crippen LogP contribution in [0.15, 0.2) is 11.1 Å². The van der Waals surface area contributed by atoms with E-state index in [0.717, 1.165) is 11.1 Å². The van der Waals surface area contributed by atoms with Gasteiger partial charge in [-0.25, -0.2) is 0 Å². The van der Waals surface area contributed by atoms with Crippen molar-refractivity contribution in [2.75, 3.05) is 0 Å². The number of hydrogen-bond donors (Lipinski definition) is 2. The quantitative estimate of drug-likeness (QED) is 0.389. The predicted molar refractivity (Wildman–Crippen MR) is 36.0 cm³/mol. The normalized spacial score (nSPS) is 8.38. The van der Waals surface area contributed by atoms with E-state index in [4.69, 9.17) is 11.1 Å². The highest BCUT2D eigenvalue weighted by Crippen LogP contribution is 1.98. The van der Waals surface area contributed by atoms with Crippen LogP contribution in [0.1, 0.15) is 20.8 Å². The highest BCUT2D eigenvalue weighted by molar-refractivity contribution is 5.94. The summed E-state index contributed by atoms with van der Waals surface area (Å²) in [5.74, 6) is 0.171. The molecule has 0 atom stereocenters. The van der Waals surface area contributed by atoms with Crippen LogP contribution in [0.5, 0.6) is 0 Å². The molecule has 2 nitrogen and oxygen atoms in total. The van der Waals surface area contributed by atoms with E-state index < -0.39 is 0 Å². The molecule has 0 aromatic heterocycles. The lowest BCUT2D eigenvalue weighted by Gasteiger charge is -1.97. The van der Waals surface area contributed by atoms with Crippen molar-refractivity contribution in [1.29, 1.82) is 5.41 Å². The van der Waals surface area contributed by atoms with E-state index in [1.54, 1.807) is 0 Å². The zero-order valence-electron chi connectivity index (χ0n) is 5.58. The number of nitrogens with one attached hydrogen (secondary N) is 1. The molecule has 0 amide bonds. The molecule has 0 saturated heterocycles. The molecule has 3 N–H and O–H groups in total. The van der Waals surface area contributed by atoms with Gasteiger partial charge in [0.25, 0.3) is 0 Å². The van der Waals surface area contributed by atoms with Crippen LogP contribution in [0, 0.1) is 5.41 Å². The fraction of sp³-hybridized carbons (Fsp3) is 0.500. The summed E-state index contributed by atoms with van der Waals surface area (Å²) >= 11 is 0. The van der Waals surface area contributed by atoms with Crippen molar-refractivity contribution >= 4 is 5.84 Å². The first-order valence-electron chi connectivity index (χ1n) is 2.54. The van der Waals surface area contributed by atoms with Crippen LogP contribution in [0.2, 0.25) is 0 Å². The Kier molecular flexibility index (Phi) is 2.25. The summed E-state index contributed by atoms with van der Waals surface area (Å²) < 4.78 is 0. The Balaban J connectivity index is 4.23. The SMILES string of the molecule is CC(C)=C(C)C(=N)N. The molecule has 0 fully saturated rings. The number of allylic oxidation sites excluding steroid dienone is 1. The number of hydrogen-bond acceptors (Lipinski definition) is 1. The van der Waals surface area contributed by atoms with E-state index in [-0.39, 0.29) is 5.84 Å². The highest BCUT2D eigenvalue weighted by Gasteiger charge is 1.91. The smallest absolute Gasteiger partial charge is 0.118 e. The first-order valence-corrected chi connectivity index (χ1v) is 2.54. The summed E-state index contributed by atoms with van der Waals surface area (Å²) in [6.07, 6.45) is 0. The van der Waals surface area contributed by atoms with Gasteiger partial charge in [-0.05, 0) is 26.3 Å². The van der Waals surface area contributed by atoms with Gasteiger partial charge in [0.1, 0.15) is 5.84 Å². The second-order valence-corrected chi connectivity index (χ2v) is 2.04. The van der Waals surface area contributed by atoms with E-state index in [1.165, 1.54) is 0 Å². The van der Waals surface area contributed by atoms with Gasteiger partial charge in [-0.3, -0.25) is 5.41 Å². The van der Waals surface area contributed by atoms with E-state index in [9.17, 15) is 0 Å². The molecule has 0 rings (SSSR count). The molecule has 0 aliphatic carbocycles. The van der Waals surface area contributed by atoms with Crippen molar-refractivity contribution in [3.63, 3.8) is 0 Å². The van der Waals surface area contributed by atoms with Crippen LogP contribution in [0.4, 0.5) is 0 Å². The molecule has 0 aromatic carbocycles. The third-order valence-corrected chi connectivity index (χ3v) is 1.15. The maximum absolute atomic E-state index is 6.95. The second kappa shape index (κ2) is 2.50. The summed E-state index contributed by atoms with van der Waals surface area (Å²) in [6.45, 7) is 5.73. The molecule has 0 radical (unpaired) electrons. The Labute approximate surface area is 49.9 Å². The number of rotatable bonds is 1. The summed E-state index contributed by atoms with van der Waals surface area (Å²) in [4.78, 5) is 0. The first kappa shape index (κ1) is 7.21. The standard InChI is InChI=1S/C6H12N2/c1-4(2)5(3)6(7)8/h1-3H3,(H3,7,8). The molecular formula is C6H12N2. The fourth-order valence-electron chi connectivity index (χ4n) is 0.269. The highest BCUT2D eigenvalue weighted by atomic mass is 14.7. The number of amidine groups is 1. The van der Waals surface area contributed by atoms with E-state index in [0.29, 0.717) is 0 Å². The van der Waals surface area contributed by atoms with Crippen molar-refractivity contribution in [3.05, 3.63) is 11.1 Å². The van der Waals surface area contributed by atoms with E-state index in [1.807, 2.05) is 20.8 Å². The van der Waals surface area contributed by atoms with Gasteiger partial charge >= 0.3 is 0 Å². The van der Waals surface area contributed by atoms with Crippen LogP contribution in [0.3, 0.4) is 0 Å². The van der Waals surface area contributed by atoms with Gasteiger partial charge in [0.15, 0.2) is 0 Å². The third kappa shape index (κ3) is 1.78. The van der Waals surface area contributed by atoms with Crippen molar-refractivity contribution in [3.8, 4) is 0 Å². The molecule has 0 aliphatic rings. The zero-order chi connectivity index (χ0) is 6.73. The van der Waals surface area contributed by atoms with E-state index in [2.05, 4.69) is 0 Å². The van der Waals surface area contributed by atoms with Crippen LogP contribution >= 0.6 is 0 Å². The maximum Gasteiger partial charge on any atom is 0.118 e. The maximum atomic E-state index is 6.95. The van der Waals surface area contributed by atoms with Gasteiger partial charge in [0.2, 0.25) is 0 Å². The Bertz CT molecular complexity index is 129. The molecular weight excluding hydrogens is 100 g/mol. The lowest BCUT2D eigenvalue weighted by atomic mass is 10.2. The minimum absolute atomic E-state index is 0.171. The average molecular weight is 112 g/mol. The Morgan fingerprint density at radius 3 is 1.62 bits per heavy atom. The number of nitrogens with two attached hydrogens (primary N) is 1. The van der Waals surface area contributed by atoms with Crippen molar-refractivity contribution in [2.24, 2.45) is 5.73 Å². The lowest BCUT2D eigenvalue weighted by Crippen LogP contribution is -2.11. The molecule has 0 aliphatic heterocycles. The third-order valence-electron chi connectivity index (χ3n) is 1.15. The molecule has 0 bridgehead atoms. The minimum Gasteiger partial charge on any atom is -0.384 e. The molecule has 0 heterocycles. The van der Waals surface area contributed by atoms with Crippen LogP contribution in [0.25, 0.3) is 0 Å². The zero-order valence-corrected chi connectivity index (χ0v) is 5.58.